The van der Waals surface area contributed by atoms with Crippen LogP contribution in [0.25, 0.3) is 0 Å². The zero-order valence-corrected chi connectivity index (χ0v) is 7.63. The van der Waals surface area contributed by atoms with Gasteiger partial charge in [-0.1, -0.05) is 32.0 Å². The molecule has 1 heteroatoms. The molecule has 64 valence electrons. The highest BCUT2D eigenvalue weighted by molar-refractivity contribution is 5.79. The van der Waals surface area contributed by atoms with E-state index in [0.717, 1.165) is 35.8 Å². The minimum atomic E-state index is 0.891. The van der Waals surface area contributed by atoms with Crippen molar-refractivity contribution >= 4 is 6.29 Å². The Kier molecular flexibility index (Phi) is 3.03. The van der Waals surface area contributed by atoms with Crippen molar-refractivity contribution in [1.82, 2.24) is 0 Å². The minimum Gasteiger partial charge on any atom is -0.298 e. The van der Waals surface area contributed by atoms with Crippen LogP contribution in [0.3, 0.4) is 0 Å². The molecule has 0 bridgehead atoms. The lowest BCUT2D eigenvalue weighted by Crippen LogP contribution is -1.96. The Bertz CT molecular complexity index is 254. The van der Waals surface area contributed by atoms with Crippen molar-refractivity contribution in [2.75, 3.05) is 0 Å². The van der Waals surface area contributed by atoms with Crippen LogP contribution in [0.1, 0.15) is 35.3 Å². The van der Waals surface area contributed by atoms with Gasteiger partial charge in [0, 0.05) is 5.56 Å². The van der Waals surface area contributed by atoms with Crippen molar-refractivity contribution < 1.29 is 4.79 Å². The molecule has 0 spiro atoms. The average Bonchev–Trinajstić information content (AvgIpc) is 2.16. The van der Waals surface area contributed by atoms with Gasteiger partial charge in [0.1, 0.15) is 0 Å². The largest absolute Gasteiger partial charge is 0.298 e. The first-order chi connectivity index (χ1) is 5.83. The standard InChI is InChI=1S/C11H14O/c1-3-9-6-5-7-10(4-2)11(9)8-12/h5-8H,3-4H2,1-2H3. The van der Waals surface area contributed by atoms with E-state index in [0.29, 0.717) is 0 Å². The number of rotatable bonds is 3. The summed E-state index contributed by atoms with van der Waals surface area (Å²) in [6.45, 7) is 4.14. The summed E-state index contributed by atoms with van der Waals surface area (Å²) in [6.07, 6.45) is 2.83. The highest BCUT2D eigenvalue weighted by Crippen LogP contribution is 2.13. The normalized spacial score (nSPS) is 9.83. The van der Waals surface area contributed by atoms with Crippen LogP contribution in [0.5, 0.6) is 0 Å². The van der Waals surface area contributed by atoms with Crippen molar-refractivity contribution in [2.24, 2.45) is 0 Å². The summed E-state index contributed by atoms with van der Waals surface area (Å²) < 4.78 is 0. The molecule has 0 aliphatic rings. The van der Waals surface area contributed by atoms with Crippen molar-refractivity contribution in [3.8, 4) is 0 Å². The highest BCUT2D eigenvalue weighted by Gasteiger charge is 2.03. The summed E-state index contributed by atoms with van der Waals surface area (Å²) in [5.74, 6) is 0. The molecule has 1 rings (SSSR count). The van der Waals surface area contributed by atoms with E-state index in [1.165, 1.54) is 0 Å². The third-order valence-corrected chi connectivity index (χ3v) is 2.17. The predicted molar refractivity (Wildman–Crippen MR) is 50.6 cm³/mol. The molecule has 0 heterocycles. The molecule has 0 amide bonds. The lowest BCUT2D eigenvalue weighted by molar-refractivity contribution is 0.112. The second-order valence-corrected chi connectivity index (χ2v) is 2.81. The van der Waals surface area contributed by atoms with E-state index in [1.807, 2.05) is 18.2 Å². The van der Waals surface area contributed by atoms with Crippen molar-refractivity contribution in [2.45, 2.75) is 26.7 Å². The van der Waals surface area contributed by atoms with Gasteiger partial charge in [0.2, 0.25) is 0 Å². The third-order valence-electron chi connectivity index (χ3n) is 2.17. The Hall–Kier alpha value is -1.11. The molecule has 0 saturated heterocycles. The van der Waals surface area contributed by atoms with E-state index in [1.54, 1.807) is 0 Å². The number of hydrogen-bond acceptors (Lipinski definition) is 1. The number of carbonyl (C=O) groups is 1. The molecule has 1 aromatic rings. The van der Waals surface area contributed by atoms with Crippen molar-refractivity contribution in [1.29, 1.82) is 0 Å². The van der Waals surface area contributed by atoms with Gasteiger partial charge < -0.3 is 0 Å². The van der Waals surface area contributed by atoms with E-state index >= 15 is 0 Å². The van der Waals surface area contributed by atoms with E-state index in [-0.39, 0.29) is 0 Å². The topological polar surface area (TPSA) is 17.1 Å². The predicted octanol–water partition coefficient (Wildman–Crippen LogP) is 2.62. The van der Waals surface area contributed by atoms with Gasteiger partial charge in [-0.3, -0.25) is 4.79 Å². The Morgan fingerprint density at radius 3 is 2.00 bits per heavy atom. The third kappa shape index (κ3) is 1.55. The summed E-state index contributed by atoms with van der Waals surface area (Å²) in [6, 6.07) is 6.05. The molecule has 0 unspecified atom stereocenters. The smallest absolute Gasteiger partial charge is 0.150 e. The van der Waals surface area contributed by atoms with Crippen LogP contribution in [-0.2, 0) is 12.8 Å². The summed E-state index contributed by atoms with van der Waals surface area (Å²) >= 11 is 0. The van der Waals surface area contributed by atoms with Gasteiger partial charge >= 0.3 is 0 Å². The van der Waals surface area contributed by atoms with E-state index < -0.39 is 0 Å². The van der Waals surface area contributed by atoms with E-state index in [9.17, 15) is 4.79 Å². The second-order valence-electron chi connectivity index (χ2n) is 2.81. The van der Waals surface area contributed by atoms with Crippen LogP contribution in [-0.4, -0.2) is 6.29 Å². The molecule has 12 heavy (non-hydrogen) atoms. The molecular weight excluding hydrogens is 148 g/mol. The first-order valence-corrected chi connectivity index (χ1v) is 4.39. The van der Waals surface area contributed by atoms with Crippen LogP contribution in [0.15, 0.2) is 18.2 Å². The molecule has 0 radical (unpaired) electrons. The number of hydrogen-bond donors (Lipinski definition) is 0. The van der Waals surface area contributed by atoms with E-state index in [4.69, 9.17) is 0 Å². The molecule has 0 atom stereocenters. The van der Waals surface area contributed by atoms with Gasteiger partial charge in [-0.05, 0) is 24.0 Å². The number of aldehydes is 1. The molecule has 0 saturated carbocycles. The van der Waals surface area contributed by atoms with Gasteiger partial charge in [-0.15, -0.1) is 0 Å². The molecule has 0 N–H and O–H groups in total. The first kappa shape index (κ1) is 8.98. The van der Waals surface area contributed by atoms with Gasteiger partial charge in [0.05, 0.1) is 0 Å². The van der Waals surface area contributed by atoms with Crippen LogP contribution in [0.2, 0.25) is 0 Å². The zero-order chi connectivity index (χ0) is 8.97. The number of carbonyl (C=O) groups excluding carboxylic acids is 1. The van der Waals surface area contributed by atoms with Gasteiger partial charge in [0.15, 0.2) is 6.29 Å². The summed E-state index contributed by atoms with van der Waals surface area (Å²) in [7, 11) is 0. The molecular formula is C11H14O. The summed E-state index contributed by atoms with van der Waals surface area (Å²) in [5.41, 5.74) is 3.20. The maximum absolute atomic E-state index is 10.8. The monoisotopic (exact) mass is 162 g/mol. The minimum absolute atomic E-state index is 0.891. The second kappa shape index (κ2) is 4.05. The summed E-state index contributed by atoms with van der Waals surface area (Å²) in [4.78, 5) is 10.8. The Morgan fingerprint density at radius 2 is 1.67 bits per heavy atom. The Labute approximate surface area is 73.4 Å². The molecule has 0 aliphatic heterocycles. The lowest BCUT2D eigenvalue weighted by atomic mass is 9.99. The molecule has 0 fully saturated rings. The maximum Gasteiger partial charge on any atom is 0.150 e. The fraction of sp³-hybridized carbons (Fsp3) is 0.364. The van der Waals surface area contributed by atoms with E-state index in [2.05, 4.69) is 13.8 Å². The Morgan fingerprint density at radius 1 is 1.17 bits per heavy atom. The molecule has 0 aromatic heterocycles. The fourth-order valence-corrected chi connectivity index (χ4v) is 1.43. The Balaban J connectivity index is 3.21. The first-order valence-electron chi connectivity index (χ1n) is 4.39. The SMILES string of the molecule is CCc1cccc(CC)c1C=O. The van der Waals surface area contributed by atoms with Gasteiger partial charge in [-0.2, -0.15) is 0 Å². The lowest BCUT2D eigenvalue weighted by Gasteiger charge is -2.05. The average molecular weight is 162 g/mol. The number of benzene rings is 1. The van der Waals surface area contributed by atoms with Crippen molar-refractivity contribution in [3.05, 3.63) is 34.9 Å². The molecule has 1 aromatic carbocycles. The molecule has 1 nitrogen and oxygen atoms in total. The molecule has 0 aliphatic carbocycles. The van der Waals surface area contributed by atoms with Crippen LogP contribution in [0.4, 0.5) is 0 Å². The fourth-order valence-electron chi connectivity index (χ4n) is 1.43. The van der Waals surface area contributed by atoms with Crippen molar-refractivity contribution in [3.63, 3.8) is 0 Å². The maximum atomic E-state index is 10.8. The van der Waals surface area contributed by atoms with Crippen LogP contribution >= 0.6 is 0 Å². The summed E-state index contributed by atoms with van der Waals surface area (Å²) in [5, 5.41) is 0. The zero-order valence-electron chi connectivity index (χ0n) is 7.63. The highest BCUT2D eigenvalue weighted by atomic mass is 16.1. The quantitative estimate of drug-likeness (QED) is 0.624. The number of aryl methyl sites for hydroxylation is 2. The van der Waals surface area contributed by atoms with Crippen LogP contribution < -0.4 is 0 Å². The van der Waals surface area contributed by atoms with Gasteiger partial charge in [0.25, 0.3) is 0 Å². The van der Waals surface area contributed by atoms with Crippen LogP contribution in [0, 0.1) is 0 Å². The van der Waals surface area contributed by atoms with Gasteiger partial charge in [-0.25, -0.2) is 0 Å².